The van der Waals surface area contributed by atoms with Gasteiger partial charge >= 0.3 is 0 Å². The fraction of sp³-hybridized carbons (Fsp3) is 0. The molecule has 0 radical (unpaired) electrons. The van der Waals surface area contributed by atoms with Crippen molar-refractivity contribution in [3.63, 3.8) is 0 Å². The molecule has 15 heavy (non-hydrogen) atoms. The highest BCUT2D eigenvalue weighted by atomic mass is 15.3. The number of fused-ring (bicyclic) bond motifs is 1. The fourth-order valence-corrected chi connectivity index (χ4v) is 1.44. The van der Waals surface area contributed by atoms with Crippen LogP contribution in [0.5, 0.6) is 0 Å². The lowest BCUT2D eigenvalue weighted by molar-refractivity contribution is 1.10. The van der Waals surface area contributed by atoms with E-state index in [9.17, 15) is 0 Å². The molecule has 0 unspecified atom stereocenters. The van der Waals surface area contributed by atoms with Gasteiger partial charge in [0.2, 0.25) is 0 Å². The predicted octanol–water partition coefficient (Wildman–Crippen LogP) is 1.19. The van der Waals surface area contributed by atoms with Gasteiger partial charge in [-0.05, 0) is 18.2 Å². The Kier molecular flexibility index (Phi) is 1.68. The average Bonchev–Trinajstić information content (AvgIpc) is 2.74. The second-order valence-corrected chi connectivity index (χ2v) is 3.05. The molecule has 0 saturated heterocycles. The third kappa shape index (κ3) is 1.25. The van der Waals surface area contributed by atoms with E-state index in [0.717, 1.165) is 11.4 Å². The normalized spacial score (nSPS) is 10.7. The minimum Gasteiger partial charge on any atom is -0.266 e. The van der Waals surface area contributed by atoms with Gasteiger partial charge in [0.25, 0.3) is 5.78 Å². The van der Waals surface area contributed by atoms with Crippen molar-refractivity contribution in [1.29, 1.82) is 0 Å². The first-order valence-corrected chi connectivity index (χ1v) is 4.51. The summed E-state index contributed by atoms with van der Waals surface area (Å²) < 4.78 is 1.84. The number of hydrogen-bond donors (Lipinski definition) is 0. The molecule has 5 heteroatoms. The van der Waals surface area contributed by atoms with E-state index in [1.54, 1.807) is 18.6 Å². The van der Waals surface area contributed by atoms with Crippen LogP contribution in [0.15, 0.2) is 43.0 Å². The molecule has 3 rings (SSSR count). The van der Waals surface area contributed by atoms with Gasteiger partial charge in [-0.15, -0.1) is 10.2 Å². The van der Waals surface area contributed by atoms with Crippen LogP contribution in [0.1, 0.15) is 0 Å². The van der Waals surface area contributed by atoms with Crippen LogP contribution in [0.25, 0.3) is 17.2 Å². The van der Waals surface area contributed by atoms with Crippen molar-refractivity contribution in [2.24, 2.45) is 0 Å². The number of rotatable bonds is 1. The van der Waals surface area contributed by atoms with Crippen LogP contribution in [0.2, 0.25) is 0 Å². The minimum atomic E-state index is 0.601. The Labute approximate surface area is 85.5 Å². The number of pyridine rings is 1. The van der Waals surface area contributed by atoms with Gasteiger partial charge in [-0.2, -0.15) is 0 Å². The van der Waals surface area contributed by atoms with Crippen LogP contribution in [-0.4, -0.2) is 24.6 Å². The summed E-state index contributed by atoms with van der Waals surface area (Å²) in [6.07, 6.45) is 7.04. The summed E-state index contributed by atoms with van der Waals surface area (Å²) in [6, 6.07) is 5.63. The van der Waals surface area contributed by atoms with Gasteiger partial charge in [-0.25, -0.2) is 4.98 Å². The Morgan fingerprint density at radius 2 is 1.87 bits per heavy atom. The zero-order valence-electron chi connectivity index (χ0n) is 7.78. The Morgan fingerprint density at radius 3 is 2.73 bits per heavy atom. The second-order valence-electron chi connectivity index (χ2n) is 3.05. The third-order valence-electron chi connectivity index (χ3n) is 2.13. The van der Waals surface area contributed by atoms with Crippen LogP contribution < -0.4 is 0 Å². The lowest BCUT2D eigenvalue weighted by Gasteiger charge is -1.97. The van der Waals surface area contributed by atoms with Crippen molar-refractivity contribution in [3.8, 4) is 11.4 Å². The van der Waals surface area contributed by atoms with E-state index >= 15 is 0 Å². The molecular formula is C10H7N5. The molecule has 0 atom stereocenters. The first-order chi connectivity index (χ1) is 7.45. The van der Waals surface area contributed by atoms with Crippen LogP contribution in [0.3, 0.4) is 0 Å². The minimum absolute atomic E-state index is 0.601. The van der Waals surface area contributed by atoms with E-state index in [-0.39, 0.29) is 0 Å². The van der Waals surface area contributed by atoms with Crippen molar-refractivity contribution < 1.29 is 0 Å². The SMILES string of the molecule is c1cnc2nnc(-c3ccncc3)n2c1. The monoisotopic (exact) mass is 197 g/mol. The van der Waals surface area contributed by atoms with Gasteiger partial charge in [-0.1, -0.05) is 0 Å². The summed E-state index contributed by atoms with van der Waals surface area (Å²) in [7, 11) is 0. The number of aromatic nitrogens is 5. The average molecular weight is 197 g/mol. The number of hydrogen-bond acceptors (Lipinski definition) is 4. The molecular weight excluding hydrogens is 190 g/mol. The zero-order chi connectivity index (χ0) is 10.1. The Bertz CT molecular complexity index is 587. The maximum absolute atomic E-state index is 4.10. The first kappa shape index (κ1) is 8.05. The molecule has 5 nitrogen and oxygen atoms in total. The predicted molar refractivity (Wildman–Crippen MR) is 54.0 cm³/mol. The fourth-order valence-electron chi connectivity index (χ4n) is 1.44. The third-order valence-corrected chi connectivity index (χ3v) is 2.13. The topological polar surface area (TPSA) is 56.0 Å². The molecule has 72 valence electrons. The number of nitrogens with zero attached hydrogens (tertiary/aromatic N) is 5. The molecule has 0 aliphatic carbocycles. The van der Waals surface area contributed by atoms with E-state index in [0.29, 0.717) is 5.78 Å². The Morgan fingerprint density at radius 1 is 1.00 bits per heavy atom. The molecule has 3 heterocycles. The van der Waals surface area contributed by atoms with Crippen LogP contribution in [0, 0.1) is 0 Å². The van der Waals surface area contributed by atoms with Crippen LogP contribution in [0.4, 0.5) is 0 Å². The maximum atomic E-state index is 4.10. The highest BCUT2D eigenvalue weighted by molar-refractivity contribution is 5.56. The van der Waals surface area contributed by atoms with Crippen molar-refractivity contribution in [2.75, 3.05) is 0 Å². The van der Waals surface area contributed by atoms with Crippen LogP contribution in [-0.2, 0) is 0 Å². The summed E-state index contributed by atoms with van der Waals surface area (Å²) in [6.45, 7) is 0. The largest absolute Gasteiger partial charge is 0.266 e. The highest BCUT2D eigenvalue weighted by Gasteiger charge is 2.06. The van der Waals surface area contributed by atoms with Gasteiger partial charge < -0.3 is 0 Å². The van der Waals surface area contributed by atoms with Crippen molar-refractivity contribution in [2.45, 2.75) is 0 Å². The molecule has 3 aromatic heterocycles. The molecule has 0 aromatic carbocycles. The summed E-state index contributed by atoms with van der Waals surface area (Å²) in [5, 5.41) is 8.06. The Balaban J connectivity index is 2.28. The summed E-state index contributed by atoms with van der Waals surface area (Å²) >= 11 is 0. The summed E-state index contributed by atoms with van der Waals surface area (Å²) in [5.74, 6) is 1.38. The molecule has 0 N–H and O–H groups in total. The molecule has 0 amide bonds. The van der Waals surface area contributed by atoms with Crippen LogP contribution >= 0.6 is 0 Å². The molecule has 0 aliphatic heterocycles. The highest BCUT2D eigenvalue weighted by Crippen LogP contribution is 2.15. The standard InChI is InChI=1S/C10H7N5/c1-4-12-10-14-13-9(15(10)7-1)8-2-5-11-6-3-8/h1-7H. The van der Waals surface area contributed by atoms with Gasteiger partial charge in [-0.3, -0.25) is 9.38 Å². The molecule has 0 fully saturated rings. The maximum Gasteiger partial charge on any atom is 0.255 e. The van der Waals surface area contributed by atoms with E-state index in [1.165, 1.54) is 0 Å². The quantitative estimate of drug-likeness (QED) is 0.588. The van der Waals surface area contributed by atoms with Crippen molar-refractivity contribution in [3.05, 3.63) is 43.0 Å². The van der Waals surface area contributed by atoms with Crippen molar-refractivity contribution in [1.82, 2.24) is 24.6 Å². The molecule has 3 aromatic rings. The zero-order valence-corrected chi connectivity index (χ0v) is 7.78. The lowest BCUT2D eigenvalue weighted by atomic mass is 10.2. The first-order valence-electron chi connectivity index (χ1n) is 4.51. The van der Waals surface area contributed by atoms with Gasteiger partial charge in [0, 0.05) is 30.4 Å². The smallest absolute Gasteiger partial charge is 0.255 e. The van der Waals surface area contributed by atoms with E-state index in [1.807, 2.05) is 28.8 Å². The molecule has 0 aliphatic rings. The van der Waals surface area contributed by atoms with E-state index in [2.05, 4.69) is 20.2 Å². The van der Waals surface area contributed by atoms with Gasteiger partial charge in [0.15, 0.2) is 5.82 Å². The lowest BCUT2D eigenvalue weighted by Crippen LogP contribution is -1.90. The molecule has 0 bridgehead atoms. The van der Waals surface area contributed by atoms with E-state index in [4.69, 9.17) is 0 Å². The van der Waals surface area contributed by atoms with Crippen molar-refractivity contribution >= 4 is 5.78 Å². The summed E-state index contributed by atoms with van der Waals surface area (Å²) in [5.41, 5.74) is 0.977. The van der Waals surface area contributed by atoms with Gasteiger partial charge in [0.1, 0.15) is 0 Å². The Hall–Kier alpha value is -2.30. The van der Waals surface area contributed by atoms with E-state index < -0.39 is 0 Å². The van der Waals surface area contributed by atoms with Gasteiger partial charge in [0.05, 0.1) is 0 Å². The second kappa shape index (κ2) is 3.13. The molecule has 0 saturated carbocycles. The molecule has 0 spiro atoms. The summed E-state index contributed by atoms with van der Waals surface area (Å²) in [4.78, 5) is 8.06.